The zero-order valence-corrected chi connectivity index (χ0v) is 22.0. The van der Waals surface area contributed by atoms with Crippen LogP contribution in [0.3, 0.4) is 0 Å². The van der Waals surface area contributed by atoms with Gasteiger partial charge in [0.05, 0.1) is 24.8 Å². The monoisotopic (exact) mass is 533 g/mol. The highest BCUT2D eigenvalue weighted by Gasteiger charge is 2.35. The van der Waals surface area contributed by atoms with Crippen LogP contribution in [0, 0.1) is 0 Å². The Bertz CT molecular complexity index is 1440. The molecule has 2 aliphatic rings. The fourth-order valence-corrected chi connectivity index (χ4v) is 5.96. The van der Waals surface area contributed by atoms with Crippen LogP contribution < -0.4 is 5.73 Å². The molecule has 2 aliphatic heterocycles. The number of carbonyl (C=O) groups is 1. The van der Waals surface area contributed by atoms with Gasteiger partial charge in [-0.15, -0.1) is 0 Å². The summed E-state index contributed by atoms with van der Waals surface area (Å²) in [5.74, 6) is 0.477. The van der Waals surface area contributed by atoms with Crippen molar-refractivity contribution in [2.45, 2.75) is 25.2 Å². The van der Waals surface area contributed by atoms with E-state index in [2.05, 4.69) is 47.9 Å². The number of anilines is 1. The largest absolute Gasteiger partial charge is 0.383 e. The average Bonchev–Trinajstić information content (AvgIpc) is 3.32. The van der Waals surface area contributed by atoms with Gasteiger partial charge in [-0.25, -0.2) is 9.97 Å². The van der Waals surface area contributed by atoms with Gasteiger partial charge >= 0.3 is 0 Å². The van der Waals surface area contributed by atoms with Crippen LogP contribution in [0.2, 0.25) is 5.02 Å². The molecule has 2 saturated heterocycles. The summed E-state index contributed by atoms with van der Waals surface area (Å²) in [4.78, 5) is 31.7. The van der Waals surface area contributed by atoms with Gasteiger partial charge in [-0.2, -0.15) is 0 Å². The Hall–Kier alpha value is -3.08. The second kappa shape index (κ2) is 11.0. The summed E-state index contributed by atoms with van der Waals surface area (Å²) in [6.45, 7) is 7.13. The zero-order valence-electron chi connectivity index (χ0n) is 21.2. The highest BCUT2D eigenvalue weighted by molar-refractivity contribution is 6.31. The third kappa shape index (κ3) is 5.39. The van der Waals surface area contributed by atoms with Crippen LogP contribution in [0.4, 0.5) is 5.82 Å². The molecule has 10 heteroatoms. The first-order valence-electron chi connectivity index (χ1n) is 13.1. The molecule has 0 spiro atoms. The number of morpholine rings is 1. The molecule has 2 aromatic heterocycles. The van der Waals surface area contributed by atoms with E-state index in [9.17, 15) is 4.79 Å². The molecule has 4 aromatic rings. The van der Waals surface area contributed by atoms with Crippen LogP contribution in [0.25, 0.3) is 21.8 Å². The number of H-pyrrole nitrogens is 1. The average molecular weight is 534 g/mol. The topological polar surface area (TPSA) is 104 Å². The second-order valence-electron chi connectivity index (χ2n) is 10.3. The normalized spacial score (nSPS) is 21.8. The van der Waals surface area contributed by atoms with Crippen LogP contribution >= 0.6 is 11.6 Å². The molecule has 0 amide bonds. The Morgan fingerprint density at radius 3 is 2.76 bits per heavy atom. The Morgan fingerprint density at radius 1 is 1.05 bits per heavy atom. The fourth-order valence-electron chi connectivity index (χ4n) is 5.78. The predicted octanol–water partition coefficient (Wildman–Crippen LogP) is 2.93. The molecular formula is C28H32ClN7O2. The standard InChI is InChI=1S/C28H32ClN7O2/c29-21-2-4-26-20(10-21)11-22(33-26)13-35-15-23(14-34-5-7-38-8-6-34)36(24(16-35)17-37)12-19-1-3-25-27(9-19)31-18-32-28(25)30/h1-4,9-11,17-18,23-24,33H,5-8,12-16H2,(H2,30,31,32). The van der Waals surface area contributed by atoms with Gasteiger partial charge in [0.15, 0.2) is 0 Å². The number of rotatable bonds is 7. The summed E-state index contributed by atoms with van der Waals surface area (Å²) in [5, 5.41) is 2.67. The Labute approximate surface area is 226 Å². The lowest BCUT2D eigenvalue weighted by Gasteiger charge is -2.46. The molecular weight excluding hydrogens is 502 g/mol. The van der Waals surface area contributed by atoms with Crippen molar-refractivity contribution in [1.82, 2.24) is 29.7 Å². The first kappa shape index (κ1) is 25.2. The summed E-state index contributed by atoms with van der Waals surface area (Å²) in [6.07, 6.45) is 2.60. The maximum absolute atomic E-state index is 12.5. The van der Waals surface area contributed by atoms with Crippen molar-refractivity contribution in [3.05, 3.63) is 65.1 Å². The van der Waals surface area contributed by atoms with Gasteiger partial charge in [-0.3, -0.25) is 14.7 Å². The van der Waals surface area contributed by atoms with E-state index in [1.165, 1.54) is 6.33 Å². The maximum atomic E-state index is 12.5. The van der Waals surface area contributed by atoms with Gasteiger partial charge in [-0.1, -0.05) is 17.7 Å². The highest BCUT2D eigenvalue weighted by Crippen LogP contribution is 2.26. The molecule has 2 fully saturated rings. The maximum Gasteiger partial charge on any atom is 0.138 e. The van der Waals surface area contributed by atoms with Crippen molar-refractivity contribution >= 4 is 45.5 Å². The van der Waals surface area contributed by atoms with Crippen LogP contribution in [0.15, 0.2) is 48.8 Å². The third-order valence-corrected chi connectivity index (χ3v) is 7.90. The number of nitrogens with two attached hydrogens (primary N) is 1. The number of aromatic amines is 1. The van der Waals surface area contributed by atoms with Crippen molar-refractivity contribution in [1.29, 1.82) is 0 Å². The molecule has 2 aromatic carbocycles. The van der Waals surface area contributed by atoms with Crippen LogP contribution in [-0.4, -0.2) is 94.0 Å². The molecule has 0 saturated carbocycles. The number of nitrogens with zero attached hydrogens (tertiary/aromatic N) is 5. The highest BCUT2D eigenvalue weighted by atomic mass is 35.5. The first-order chi connectivity index (χ1) is 18.6. The van der Waals surface area contributed by atoms with Gasteiger partial charge in [0.2, 0.25) is 0 Å². The quantitative estimate of drug-likeness (QED) is 0.349. The van der Waals surface area contributed by atoms with Gasteiger partial charge in [0, 0.05) is 78.9 Å². The van der Waals surface area contributed by atoms with Gasteiger partial charge in [-0.05, 0) is 42.0 Å². The number of piperazine rings is 1. The van der Waals surface area contributed by atoms with Crippen LogP contribution in [-0.2, 0) is 22.6 Å². The SMILES string of the molecule is Nc1ncnc2cc(CN3C(C=O)CN(Cc4cc5cc(Cl)ccc5[nH]4)CC3CN3CCOCC3)ccc12. The number of nitrogen functional groups attached to an aromatic ring is 1. The summed E-state index contributed by atoms with van der Waals surface area (Å²) in [7, 11) is 0. The first-order valence-corrected chi connectivity index (χ1v) is 13.4. The Balaban J connectivity index is 1.25. The minimum absolute atomic E-state index is 0.182. The van der Waals surface area contributed by atoms with E-state index in [1.54, 1.807) is 0 Å². The van der Waals surface area contributed by atoms with E-state index in [1.807, 2.05) is 24.3 Å². The minimum Gasteiger partial charge on any atom is -0.383 e. The Morgan fingerprint density at radius 2 is 1.92 bits per heavy atom. The second-order valence-corrected chi connectivity index (χ2v) is 10.7. The molecule has 38 heavy (non-hydrogen) atoms. The van der Waals surface area contributed by atoms with Gasteiger partial charge < -0.3 is 20.2 Å². The molecule has 9 nitrogen and oxygen atoms in total. The number of benzene rings is 2. The lowest BCUT2D eigenvalue weighted by Crippen LogP contribution is -2.62. The van der Waals surface area contributed by atoms with E-state index in [0.717, 1.165) is 90.3 Å². The summed E-state index contributed by atoms with van der Waals surface area (Å²) < 4.78 is 5.58. The number of hydrogen-bond donors (Lipinski definition) is 2. The number of hydrogen-bond acceptors (Lipinski definition) is 8. The van der Waals surface area contributed by atoms with E-state index >= 15 is 0 Å². The smallest absolute Gasteiger partial charge is 0.138 e. The molecule has 0 radical (unpaired) electrons. The fraction of sp³-hybridized carbons (Fsp3) is 0.393. The zero-order chi connectivity index (χ0) is 26.1. The van der Waals surface area contributed by atoms with E-state index in [-0.39, 0.29) is 12.1 Å². The van der Waals surface area contributed by atoms with Crippen molar-refractivity contribution in [2.75, 3.05) is 51.7 Å². The molecule has 3 N–H and O–H groups in total. The van der Waals surface area contributed by atoms with Crippen molar-refractivity contribution < 1.29 is 9.53 Å². The third-order valence-electron chi connectivity index (χ3n) is 7.67. The Kier molecular flexibility index (Phi) is 7.27. The van der Waals surface area contributed by atoms with E-state index < -0.39 is 0 Å². The number of carbonyl (C=O) groups excluding carboxylic acids is 1. The number of aldehydes is 1. The number of fused-ring (bicyclic) bond motifs is 2. The van der Waals surface area contributed by atoms with E-state index in [4.69, 9.17) is 22.1 Å². The summed E-state index contributed by atoms with van der Waals surface area (Å²) >= 11 is 6.20. The number of aromatic nitrogens is 3. The molecule has 2 atom stereocenters. The van der Waals surface area contributed by atoms with Crippen LogP contribution in [0.1, 0.15) is 11.3 Å². The number of nitrogens with one attached hydrogen (secondary N) is 1. The lowest BCUT2D eigenvalue weighted by molar-refractivity contribution is -0.118. The van der Waals surface area contributed by atoms with Crippen molar-refractivity contribution in [3.8, 4) is 0 Å². The molecule has 2 unspecified atom stereocenters. The van der Waals surface area contributed by atoms with Crippen molar-refractivity contribution in [2.24, 2.45) is 0 Å². The summed E-state index contributed by atoms with van der Waals surface area (Å²) in [6, 6.07) is 14.1. The number of halogens is 1. The summed E-state index contributed by atoms with van der Waals surface area (Å²) in [5.41, 5.74) is 10.2. The van der Waals surface area contributed by atoms with Gasteiger partial charge in [0.25, 0.3) is 0 Å². The lowest BCUT2D eigenvalue weighted by atomic mass is 10.0. The molecule has 0 aliphatic carbocycles. The van der Waals surface area contributed by atoms with E-state index in [0.29, 0.717) is 18.9 Å². The molecule has 6 rings (SSSR count). The molecule has 0 bridgehead atoms. The minimum atomic E-state index is -0.222. The predicted molar refractivity (Wildman–Crippen MR) is 149 cm³/mol. The van der Waals surface area contributed by atoms with Crippen molar-refractivity contribution in [3.63, 3.8) is 0 Å². The van der Waals surface area contributed by atoms with Crippen LogP contribution in [0.5, 0.6) is 0 Å². The molecule has 4 heterocycles. The number of ether oxygens (including phenoxy) is 1. The molecule has 198 valence electrons. The van der Waals surface area contributed by atoms with Gasteiger partial charge in [0.1, 0.15) is 18.4 Å².